The van der Waals surface area contributed by atoms with Crippen LogP contribution in [-0.2, 0) is 17.7 Å². The van der Waals surface area contributed by atoms with Gasteiger partial charge in [-0.2, -0.15) is 4.98 Å². The first-order valence-electron chi connectivity index (χ1n) is 14.3. The van der Waals surface area contributed by atoms with Crippen LogP contribution in [0.25, 0.3) is 11.0 Å². The number of aromatic nitrogens is 3. The first-order chi connectivity index (χ1) is 20.0. The molecule has 0 spiro atoms. The van der Waals surface area contributed by atoms with Crippen molar-refractivity contribution in [3.8, 4) is 5.75 Å². The molecular formula is C30H36N6O3S2. The lowest BCUT2D eigenvalue weighted by molar-refractivity contribution is 0.313. The number of anilines is 3. The van der Waals surface area contributed by atoms with Crippen LogP contribution in [0.5, 0.6) is 5.75 Å². The lowest BCUT2D eigenvalue weighted by Gasteiger charge is -2.34. The van der Waals surface area contributed by atoms with Gasteiger partial charge in [0.05, 0.1) is 18.0 Å². The number of thiophene rings is 1. The second kappa shape index (κ2) is 12.4. The van der Waals surface area contributed by atoms with Crippen LogP contribution < -0.4 is 20.5 Å². The Hall–Kier alpha value is -3.12. The monoisotopic (exact) mass is 592 g/mol. The molecule has 0 amide bonds. The molecule has 0 bridgehead atoms. The standard InChI is InChI=1S/C30H36N6O3S2/c1-3-39-25-18-21-19-31-30(32-22-8-10-23(11-9-22)35-15-13-34(2)14-16-35)33-28(21)36(29(25)37)20-26-27(12-17-40-26)41(38)24-6-4-5-7-24/h8-12,17-19,24H,3-7,13-16,20H2,1-2H3,(H,31,32,33). The average molecular weight is 593 g/mol. The number of hydrogen-bond donors (Lipinski definition) is 1. The van der Waals surface area contributed by atoms with Crippen LogP contribution in [0.4, 0.5) is 17.3 Å². The van der Waals surface area contributed by atoms with Gasteiger partial charge in [0.1, 0.15) is 10.9 Å². The highest BCUT2D eigenvalue weighted by Gasteiger charge is 2.31. The van der Waals surface area contributed by atoms with Gasteiger partial charge in [-0.1, -0.05) is 0 Å². The number of pyridine rings is 1. The largest absolute Gasteiger partial charge is 0.611 e. The van der Waals surface area contributed by atoms with E-state index in [-0.39, 0.29) is 23.1 Å². The molecule has 2 aliphatic rings. The molecule has 1 N–H and O–H groups in total. The van der Waals surface area contributed by atoms with Gasteiger partial charge in [-0.25, -0.2) is 4.98 Å². The summed E-state index contributed by atoms with van der Waals surface area (Å²) < 4.78 is 20.7. The van der Waals surface area contributed by atoms with Crippen molar-refractivity contribution in [3.05, 3.63) is 63.2 Å². The zero-order chi connectivity index (χ0) is 28.3. The molecule has 9 nitrogen and oxygen atoms in total. The molecule has 216 valence electrons. The first kappa shape index (κ1) is 28.0. The lowest BCUT2D eigenvalue weighted by atomic mass is 10.2. The van der Waals surface area contributed by atoms with Crippen LogP contribution in [0.15, 0.2) is 57.7 Å². The van der Waals surface area contributed by atoms with Gasteiger partial charge in [0.2, 0.25) is 5.95 Å². The molecule has 1 saturated carbocycles. The number of nitrogens with zero attached hydrogens (tertiary/aromatic N) is 5. The van der Waals surface area contributed by atoms with Crippen LogP contribution in [0.3, 0.4) is 0 Å². The van der Waals surface area contributed by atoms with E-state index in [1.54, 1.807) is 16.8 Å². The third kappa shape index (κ3) is 6.08. The Balaban J connectivity index is 1.29. The number of nitrogens with one attached hydrogen (secondary N) is 1. The smallest absolute Gasteiger partial charge is 0.294 e. The number of piperazine rings is 1. The minimum atomic E-state index is -1.09. The zero-order valence-corrected chi connectivity index (χ0v) is 25.2. The molecule has 1 aliphatic carbocycles. The van der Waals surface area contributed by atoms with Gasteiger partial charge < -0.3 is 24.4 Å². The summed E-state index contributed by atoms with van der Waals surface area (Å²) in [5, 5.41) is 6.16. The summed E-state index contributed by atoms with van der Waals surface area (Å²) in [5.41, 5.74) is 2.32. The third-order valence-corrected chi connectivity index (χ3v) is 10.8. The molecule has 1 saturated heterocycles. The third-order valence-electron chi connectivity index (χ3n) is 7.91. The molecule has 41 heavy (non-hydrogen) atoms. The molecule has 1 unspecified atom stereocenters. The quantitative estimate of drug-likeness (QED) is 0.276. The fraction of sp³-hybridized carbons (Fsp3) is 0.433. The second-order valence-corrected chi connectivity index (χ2v) is 13.4. The van der Waals surface area contributed by atoms with E-state index in [1.165, 1.54) is 17.0 Å². The molecule has 2 fully saturated rings. The van der Waals surface area contributed by atoms with Crippen molar-refractivity contribution in [2.45, 2.75) is 49.3 Å². The highest BCUT2D eigenvalue weighted by atomic mass is 32.2. The average Bonchev–Trinajstić information content (AvgIpc) is 3.69. The van der Waals surface area contributed by atoms with Gasteiger partial charge in [-0.05, 0) is 86.5 Å². The summed E-state index contributed by atoms with van der Waals surface area (Å²) in [6, 6.07) is 11.9. The topological polar surface area (TPSA) is 98.6 Å². The Morgan fingerprint density at radius 2 is 1.88 bits per heavy atom. The highest BCUT2D eigenvalue weighted by molar-refractivity contribution is 7.92. The van der Waals surface area contributed by atoms with Crippen LogP contribution in [0.1, 0.15) is 37.5 Å². The SMILES string of the molecule is CCOc1cc2cnc(Nc3ccc(N4CCN(C)CC4)cc3)nc2n(Cc2sccc2[S+]([O-])C2CCCC2)c1=O. The van der Waals surface area contributed by atoms with E-state index >= 15 is 0 Å². The van der Waals surface area contributed by atoms with Crippen molar-refractivity contribution < 1.29 is 9.29 Å². The maximum Gasteiger partial charge on any atom is 0.294 e. The van der Waals surface area contributed by atoms with Crippen LogP contribution in [0, 0.1) is 0 Å². The maximum absolute atomic E-state index is 13.6. The molecule has 1 aromatic carbocycles. The summed E-state index contributed by atoms with van der Waals surface area (Å²) in [6.07, 6.45) is 5.95. The van der Waals surface area contributed by atoms with Gasteiger partial charge in [0.25, 0.3) is 5.56 Å². The predicted octanol–water partition coefficient (Wildman–Crippen LogP) is 4.85. The van der Waals surface area contributed by atoms with Crippen molar-refractivity contribution in [2.24, 2.45) is 0 Å². The number of hydrogen-bond acceptors (Lipinski definition) is 9. The summed E-state index contributed by atoms with van der Waals surface area (Å²) in [7, 11) is 2.15. The number of rotatable bonds is 9. The van der Waals surface area contributed by atoms with Crippen LogP contribution in [-0.4, -0.2) is 69.1 Å². The fourth-order valence-electron chi connectivity index (χ4n) is 5.60. The first-order valence-corrected chi connectivity index (χ1v) is 16.4. The summed E-state index contributed by atoms with van der Waals surface area (Å²) in [4.78, 5) is 29.4. The number of fused-ring (bicyclic) bond motifs is 1. The van der Waals surface area contributed by atoms with Gasteiger partial charge >= 0.3 is 0 Å². The van der Waals surface area contributed by atoms with Crippen molar-refractivity contribution in [1.82, 2.24) is 19.4 Å². The fourth-order valence-corrected chi connectivity index (χ4v) is 8.44. The molecule has 4 heterocycles. The summed E-state index contributed by atoms with van der Waals surface area (Å²) in [6.45, 7) is 6.65. The molecule has 1 atom stereocenters. The van der Waals surface area contributed by atoms with E-state index < -0.39 is 11.2 Å². The Kier molecular flexibility index (Phi) is 8.47. The maximum atomic E-state index is 13.6. The minimum Gasteiger partial charge on any atom is -0.611 e. The van der Waals surface area contributed by atoms with E-state index in [2.05, 4.69) is 39.3 Å². The van der Waals surface area contributed by atoms with Crippen LogP contribution >= 0.6 is 11.3 Å². The van der Waals surface area contributed by atoms with Gasteiger partial charge in [-0.3, -0.25) is 9.36 Å². The van der Waals surface area contributed by atoms with E-state index in [4.69, 9.17) is 9.72 Å². The Morgan fingerprint density at radius 3 is 2.61 bits per heavy atom. The van der Waals surface area contributed by atoms with Gasteiger partial charge in [0.15, 0.2) is 10.6 Å². The Labute approximate surface area is 247 Å². The number of ether oxygens (including phenoxy) is 1. The van der Waals surface area contributed by atoms with Crippen molar-refractivity contribution in [2.75, 3.05) is 50.1 Å². The van der Waals surface area contributed by atoms with E-state index in [9.17, 15) is 9.35 Å². The normalized spacial score (nSPS) is 17.3. The summed E-state index contributed by atoms with van der Waals surface area (Å²) >= 11 is 0.443. The van der Waals surface area contributed by atoms with Crippen molar-refractivity contribution in [3.63, 3.8) is 0 Å². The van der Waals surface area contributed by atoms with Gasteiger partial charge in [0, 0.05) is 55.2 Å². The second-order valence-electron chi connectivity index (χ2n) is 10.7. The van der Waals surface area contributed by atoms with E-state index in [0.717, 1.165) is 67.3 Å². The molecule has 3 aromatic heterocycles. The molecule has 6 rings (SSSR count). The Bertz CT molecular complexity index is 1540. The predicted molar refractivity (Wildman–Crippen MR) is 166 cm³/mol. The van der Waals surface area contributed by atoms with Crippen LogP contribution in [0.2, 0.25) is 0 Å². The lowest BCUT2D eigenvalue weighted by Crippen LogP contribution is -2.44. The zero-order valence-electron chi connectivity index (χ0n) is 23.5. The van der Waals surface area contributed by atoms with Gasteiger partial charge in [-0.15, -0.1) is 11.3 Å². The van der Waals surface area contributed by atoms with E-state index in [0.29, 0.717) is 23.6 Å². The molecule has 0 radical (unpaired) electrons. The molecule has 11 heteroatoms. The number of benzene rings is 1. The van der Waals surface area contributed by atoms with Crippen molar-refractivity contribution in [1.29, 1.82) is 0 Å². The van der Waals surface area contributed by atoms with Crippen molar-refractivity contribution >= 4 is 50.9 Å². The highest BCUT2D eigenvalue weighted by Crippen LogP contribution is 2.34. The number of likely N-dealkylation sites (N-methyl/N-ethyl adjacent to an activating group) is 1. The minimum absolute atomic E-state index is 0.187. The Morgan fingerprint density at radius 1 is 1.12 bits per heavy atom. The molecule has 1 aliphatic heterocycles. The molecule has 4 aromatic rings. The molecular weight excluding hydrogens is 557 g/mol. The van der Waals surface area contributed by atoms with E-state index in [1.807, 2.05) is 30.5 Å². The summed E-state index contributed by atoms with van der Waals surface area (Å²) in [5.74, 6) is 0.668.